The maximum atomic E-state index is 13.3. The Labute approximate surface area is 201 Å². The number of hydrogen-bond acceptors (Lipinski definition) is 8. The van der Waals surface area contributed by atoms with Gasteiger partial charge in [-0.25, -0.2) is 4.98 Å². The lowest BCUT2D eigenvalue weighted by molar-refractivity contribution is 0.0376. The van der Waals surface area contributed by atoms with Crippen molar-refractivity contribution in [3.8, 4) is 22.8 Å². The van der Waals surface area contributed by atoms with E-state index in [0.717, 1.165) is 78.5 Å². The SMILES string of the molecule is O=C(c1cccs1)N(CCCN1CCOCC1)c1nc(-c2ccc3c(c2)OCCCO3)cs1. The van der Waals surface area contributed by atoms with Crippen LogP contribution in [0.5, 0.6) is 11.5 Å². The van der Waals surface area contributed by atoms with Gasteiger partial charge in [-0.15, -0.1) is 22.7 Å². The molecule has 0 spiro atoms. The molecule has 1 amide bonds. The quantitative estimate of drug-likeness (QED) is 0.494. The first-order chi connectivity index (χ1) is 16.3. The van der Waals surface area contributed by atoms with Gasteiger partial charge in [0.25, 0.3) is 5.91 Å². The molecule has 174 valence electrons. The molecule has 4 heterocycles. The number of fused-ring (bicyclic) bond motifs is 1. The van der Waals surface area contributed by atoms with Crippen LogP contribution >= 0.6 is 22.7 Å². The number of thiazole rings is 1. The molecule has 1 fully saturated rings. The van der Waals surface area contributed by atoms with Crippen molar-refractivity contribution in [2.45, 2.75) is 12.8 Å². The summed E-state index contributed by atoms with van der Waals surface area (Å²) in [4.78, 5) is 23.1. The largest absolute Gasteiger partial charge is 0.490 e. The Morgan fingerprint density at radius 3 is 2.73 bits per heavy atom. The Kier molecular flexibility index (Phi) is 7.21. The van der Waals surface area contributed by atoms with Gasteiger partial charge in [0.05, 0.1) is 37.0 Å². The normalized spacial score (nSPS) is 16.4. The lowest BCUT2D eigenvalue weighted by atomic mass is 10.1. The Hall–Kier alpha value is -2.46. The van der Waals surface area contributed by atoms with Crippen LogP contribution in [0.4, 0.5) is 5.13 Å². The van der Waals surface area contributed by atoms with Crippen LogP contribution in [0.2, 0.25) is 0 Å². The predicted octanol–water partition coefficient (Wildman–Crippen LogP) is 4.40. The van der Waals surface area contributed by atoms with Crippen LogP contribution in [0.1, 0.15) is 22.5 Å². The third-order valence-electron chi connectivity index (χ3n) is 5.70. The van der Waals surface area contributed by atoms with Crippen LogP contribution in [0.3, 0.4) is 0 Å². The molecular weight excluding hydrogens is 458 g/mol. The van der Waals surface area contributed by atoms with E-state index >= 15 is 0 Å². The molecule has 2 aliphatic heterocycles. The number of amides is 1. The highest BCUT2D eigenvalue weighted by atomic mass is 32.1. The molecule has 0 atom stereocenters. The van der Waals surface area contributed by atoms with Crippen LogP contribution < -0.4 is 14.4 Å². The van der Waals surface area contributed by atoms with Gasteiger partial charge in [0.15, 0.2) is 16.6 Å². The van der Waals surface area contributed by atoms with E-state index in [-0.39, 0.29) is 5.91 Å². The van der Waals surface area contributed by atoms with Crippen molar-refractivity contribution in [2.75, 3.05) is 57.5 Å². The topological polar surface area (TPSA) is 64.1 Å². The molecule has 33 heavy (non-hydrogen) atoms. The number of hydrogen-bond donors (Lipinski definition) is 0. The van der Waals surface area contributed by atoms with Gasteiger partial charge in [-0.3, -0.25) is 14.6 Å². The number of ether oxygens (including phenoxy) is 3. The summed E-state index contributed by atoms with van der Waals surface area (Å²) < 4.78 is 17.0. The van der Waals surface area contributed by atoms with Gasteiger partial charge in [-0.2, -0.15) is 0 Å². The van der Waals surface area contributed by atoms with Gasteiger partial charge in [0.2, 0.25) is 0 Å². The van der Waals surface area contributed by atoms with Crippen molar-refractivity contribution in [1.29, 1.82) is 0 Å². The molecule has 5 rings (SSSR count). The smallest absolute Gasteiger partial charge is 0.270 e. The molecule has 1 saturated heterocycles. The minimum absolute atomic E-state index is 0.00605. The van der Waals surface area contributed by atoms with Crippen molar-refractivity contribution in [3.05, 3.63) is 46.0 Å². The molecule has 2 aromatic heterocycles. The average Bonchev–Trinajstić information content (AvgIpc) is 3.51. The van der Waals surface area contributed by atoms with E-state index in [2.05, 4.69) is 4.90 Å². The third kappa shape index (κ3) is 5.38. The van der Waals surface area contributed by atoms with Crippen molar-refractivity contribution >= 4 is 33.7 Å². The van der Waals surface area contributed by atoms with Crippen molar-refractivity contribution < 1.29 is 19.0 Å². The first-order valence-corrected chi connectivity index (χ1v) is 13.0. The van der Waals surface area contributed by atoms with Crippen LogP contribution in [0.15, 0.2) is 41.1 Å². The number of anilines is 1. The molecule has 9 heteroatoms. The molecule has 7 nitrogen and oxygen atoms in total. The van der Waals surface area contributed by atoms with E-state index in [1.807, 2.05) is 46.0 Å². The number of rotatable bonds is 7. The summed E-state index contributed by atoms with van der Waals surface area (Å²) in [6, 6.07) is 9.70. The summed E-state index contributed by atoms with van der Waals surface area (Å²) in [6.07, 6.45) is 1.76. The van der Waals surface area contributed by atoms with Gasteiger partial charge < -0.3 is 14.2 Å². The van der Waals surface area contributed by atoms with E-state index in [9.17, 15) is 4.79 Å². The maximum absolute atomic E-state index is 13.3. The molecule has 0 N–H and O–H groups in total. The second-order valence-electron chi connectivity index (χ2n) is 7.97. The van der Waals surface area contributed by atoms with E-state index < -0.39 is 0 Å². The second-order valence-corrected chi connectivity index (χ2v) is 9.75. The Morgan fingerprint density at radius 1 is 1.06 bits per heavy atom. The summed E-state index contributed by atoms with van der Waals surface area (Å²) in [6.45, 7) is 6.34. The number of thiophene rings is 1. The first-order valence-electron chi connectivity index (χ1n) is 11.3. The molecule has 0 unspecified atom stereocenters. The van der Waals surface area contributed by atoms with E-state index in [0.29, 0.717) is 19.8 Å². The lowest BCUT2D eigenvalue weighted by Gasteiger charge is -2.27. The summed E-state index contributed by atoms with van der Waals surface area (Å²) in [5.74, 6) is 1.52. The Bertz CT molecular complexity index is 1060. The van der Waals surface area contributed by atoms with E-state index in [1.54, 1.807) is 0 Å². The van der Waals surface area contributed by atoms with Gasteiger partial charge in [0.1, 0.15) is 0 Å². The standard InChI is InChI=1S/C24H27N3O4S2/c28-23(22-4-1-15-32-22)27(8-2-7-26-9-13-29-14-10-26)24-25-19(17-33-24)18-5-6-20-21(16-18)31-12-3-11-30-20/h1,4-6,15-17H,2-3,7-14H2. The Morgan fingerprint density at radius 2 is 1.91 bits per heavy atom. The van der Waals surface area contributed by atoms with Gasteiger partial charge >= 0.3 is 0 Å². The Balaban J connectivity index is 1.34. The molecule has 0 bridgehead atoms. The van der Waals surface area contributed by atoms with Crippen molar-refractivity contribution in [1.82, 2.24) is 9.88 Å². The summed E-state index contributed by atoms with van der Waals surface area (Å²) in [7, 11) is 0. The molecule has 0 aliphatic carbocycles. The van der Waals surface area contributed by atoms with Crippen LogP contribution in [0, 0.1) is 0 Å². The number of nitrogens with zero attached hydrogens (tertiary/aromatic N) is 3. The van der Waals surface area contributed by atoms with E-state index in [4.69, 9.17) is 19.2 Å². The van der Waals surface area contributed by atoms with E-state index in [1.165, 1.54) is 22.7 Å². The molecule has 1 aromatic carbocycles. The summed E-state index contributed by atoms with van der Waals surface area (Å²) in [5.41, 5.74) is 1.79. The van der Waals surface area contributed by atoms with Crippen molar-refractivity contribution in [3.63, 3.8) is 0 Å². The average molecular weight is 486 g/mol. The van der Waals surface area contributed by atoms with Crippen LogP contribution in [0.25, 0.3) is 11.3 Å². The predicted molar refractivity (Wildman–Crippen MR) is 131 cm³/mol. The van der Waals surface area contributed by atoms with Crippen LogP contribution in [-0.2, 0) is 4.74 Å². The summed E-state index contributed by atoms with van der Waals surface area (Å²) >= 11 is 2.96. The fraction of sp³-hybridized carbons (Fsp3) is 0.417. The monoisotopic (exact) mass is 485 g/mol. The third-order valence-corrected chi connectivity index (χ3v) is 7.42. The molecule has 0 radical (unpaired) electrons. The second kappa shape index (κ2) is 10.6. The highest BCUT2D eigenvalue weighted by Crippen LogP contribution is 2.36. The van der Waals surface area contributed by atoms with Gasteiger partial charge in [-0.1, -0.05) is 6.07 Å². The molecule has 0 saturated carbocycles. The maximum Gasteiger partial charge on any atom is 0.270 e. The number of carbonyl (C=O) groups excluding carboxylic acids is 1. The summed E-state index contributed by atoms with van der Waals surface area (Å²) in [5, 5.41) is 4.66. The fourth-order valence-corrected chi connectivity index (χ4v) is 5.47. The minimum atomic E-state index is 0.00605. The highest BCUT2D eigenvalue weighted by Gasteiger charge is 2.23. The molecular formula is C24H27N3O4S2. The number of carbonyl (C=O) groups is 1. The lowest BCUT2D eigenvalue weighted by Crippen LogP contribution is -2.39. The minimum Gasteiger partial charge on any atom is -0.490 e. The van der Waals surface area contributed by atoms with Gasteiger partial charge in [-0.05, 0) is 36.1 Å². The van der Waals surface area contributed by atoms with Gasteiger partial charge in [0, 0.05) is 43.5 Å². The fourth-order valence-electron chi connectivity index (χ4n) is 3.94. The van der Waals surface area contributed by atoms with Crippen molar-refractivity contribution in [2.24, 2.45) is 0 Å². The zero-order chi connectivity index (χ0) is 22.5. The van der Waals surface area contributed by atoms with Crippen LogP contribution in [-0.4, -0.2) is 68.4 Å². The first kappa shape index (κ1) is 22.3. The number of benzene rings is 1. The number of morpholine rings is 1. The molecule has 3 aromatic rings. The molecule has 2 aliphatic rings. The zero-order valence-electron chi connectivity index (χ0n) is 18.4. The highest BCUT2D eigenvalue weighted by molar-refractivity contribution is 7.14. The zero-order valence-corrected chi connectivity index (χ0v) is 20.0. The number of aromatic nitrogens is 1.